The van der Waals surface area contributed by atoms with Crippen molar-refractivity contribution in [3.8, 4) is 11.9 Å². The van der Waals surface area contributed by atoms with Gasteiger partial charge in [0.2, 0.25) is 17.7 Å². The summed E-state index contributed by atoms with van der Waals surface area (Å²) in [5.41, 5.74) is 6.17. The zero-order valence-corrected chi connectivity index (χ0v) is 15.0. The van der Waals surface area contributed by atoms with Crippen LogP contribution in [0.4, 0.5) is 5.69 Å². The second-order valence-electron chi connectivity index (χ2n) is 6.62. The zero-order valence-electron chi connectivity index (χ0n) is 15.0. The highest BCUT2D eigenvalue weighted by Crippen LogP contribution is 2.55. The summed E-state index contributed by atoms with van der Waals surface area (Å²) >= 11 is 0. The van der Waals surface area contributed by atoms with Gasteiger partial charge in [-0.2, -0.15) is 5.26 Å². The Labute approximate surface area is 160 Å². The summed E-state index contributed by atoms with van der Waals surface area (Å²) in [6, 6.07) is 8.73. The van der Waals surface area contributed by atoms with E-state index in [1.807, 2.05) is 13.0 Å². The number of aryl methyl sites for hydroxylation is 1. The van der Waals surface area contributed by atoms with E-state index in [-0.39, 0.29) is 17.3 Å². The van der Waals surface area contributed by atoms with Crippen LogP contribution in [0, 0.1) is 11.3 Å². The SMILES string of the molecule is CCCc1[nH]nc2c1[C@@]1(C(=O)N(CC(=O)[O-])c3ccccc31)C(C#N)=C(N)O2. The minimum Gasteiger partial charge on any atom is -0.548 e. The zero-order chi connectivity index (χ0) is 20.1. The number of hydrogen-bond donors (Lipinski definition) is 2. The number of anilines is 1. The number of rotatable bonds is 4. The third-order valence-electron chi connectivity index (χ3n) is 5.07. The third-order valence-corrected chi connectivity index (χ3v) is 5.07. The van der Waals surface area contributed by atoms with Crippen molar-refractivity contribution in [3.05, 3.63) is 52.5 Å². The number of benzene rings is 1. The van der Waals surface area contributed by atoms with Crippen LogP contribution in [0.5, 0.6) is 5.88 Å². The number of amides is 1. The maximum absolute atomic E-state index is 13.7. The first-order valence-corrected chi connectivity index (χ1v) is 8.74. The molecule has 0 saturated carbocycles. The first-order valence-electron chi connectivity index (χ1n) is 8.74. The highest BCUT2D eigenvalue weighted by Gasteiger charge is 2.60. The van der Waals surface area contributed by atoms with Crippen molar-refractivity contribution in [2.45, 2.75) is 25.2 Å². The summed E-state index contributed by atoms with van der Waals surface area (Å²) in [6.45, 7) is 1.32. The van der Waals surface area contributed by atoms with Crippen molar-refractivity contribution in [2.75, 3.05) is 11.4 Å². The molecule has 142 valence electrons. The van der Waals surface area contributed by atoms with E-state index in [0.717, 1.165) is 11.3 Å². The summed E-state index contributed by atoms with van der Waals surface area (Å²) in [5, 5.41) is 28.2. The molecule has 9 heteroatoms. The van der Waals surface area contributed by atoms with Gasteiger partial charge < -0.3 is 25.3 Å². The molecule has 1 spiro atoms. The summed E-state index contributed by atoms with van der Waals surface area (Å²) in [5.74, 6) is -2.13. The number of nitrogens with one attached hydrogen (secondary N) is 1. The number of hydrogen-bond acceptors (Lipinski definition) is 7. The van der Waals surface area contributed by atoms with Gasteiger partial charge in [0, 0.05) is 16.9 Å². The maximum Gasteiger partial charge on any atom is 0.248 e. The Morgan fingerprint density at radius 3 is 2.89 bits per heavy atom. The lowest BCUT2D eigenvalue weighted by atomic mass is 9.68. The van der Waals surface area contributed by atoms with Crippen LogP contribution < -0.4 is 20.5 Å². The Kier molecular flexibility index (Phi) is 3.85. The molecule has 9 nitrogen and oxygen atoms in total. The highest BCUT2D eigenvalue weighted by atomic mass is 16.5. The molecule has 0 bridgehead atoms. The lowest BCUT2D eigenvalue weighted by Crippen LogP contribution is -2.48. The van der Waals surface area contributed by atoms with E-state index in [1.54, 1.807) is 24.3 Å². The predicted octanol–water partition coefficient (Wildman–Crippen LogP) is -0.169. The van der Waals surface area contributed by atoms with Crippen LogP contribution in [-0.2, 0) is 21.4 Å². The fourth-order valence-electron chi connectivity index (χ4n) is 4.08. The van der Waals surface area contributed by atoms with Gasteiger partial charge in [0.1, 0.15) is 17.1 Å². The first kappa shape index (κ1) is 17.6. The fourth-order valence-corrected chi connectivity index (χ4v) is 4.08. The van der Waals surface area contributed by atoms with Crippen LogP contribution in [0.15, 0.2) is 35.7 Å². The minimum absolute atomic E-state index is 0.0861. The van der Waals surface area contributed by atoms with Crippen molar-refractivity contribution in [3.63, 3.8) is 0 Å². The molecular formula is C19H16N5O4-. The van der Waals surface area contributed by atoms with Crippen molar-refractivity contribution >= 4 is 17.6 Å². The number of H-pyrrole nitrogens is 1. The molecule has 1 aromatic heterocycles. The molecule has 4 rings (SSSR count). The number of carbonyl (C=O) groups excluding carboxylic acids is 2. The van der Waals surface area contributed by atoms with E-state index in [2.05, 4.69) is 10.2 Å². The van der Waals surface area contributed by atoms with Crippen molar-refractivity contribution < 1.29 is 19.4 Å². The van der Waals surface area contributed by atoms with E-state index in [1.165, 1.54) is 0 Å². The third kappa shape index (κ3) is 2.08. The molecule has 2 aliphatic heterocycles. The van der Waals surface area contributed by atoms with Gasteiger partial charge in [0.25, 0.3) is 0 Å². The maximum atomic E-state index is 13.7. The van der Waals surface area contributed by atoms with Gasteiger partial charge in [0.05, 0.1) is 18.1 Å². The topological polar surface area (TPSA) is 148 Å². The molecule has 2 aromatic rings. The van der Waals surface area contributed by atoms with Gasteiger partial charge in [-0.25, -0.2) is 0 Å². The molecule has 0 aliphatic carbocycles. The Bertz CT molecular complexity index is 1080. The number of carboxylic acids is 1. The van der Waals surface area contributed by atoms with Gasteiger partial charge in [-0.1, -0.05) is 31.5 Å². The normalized spacial score (nSPS) is 20.0. The molecule has 3 N–H and O–H groups in total. The van der Waals surface area contributed by atoms with E-state index in [9.17, 15) is 20.0 Å². The molecule has 1 atom stereocenters. The Morgan fingerprint density at radius 2 is 2.21 bits per heavy atom. The van der Waals surface area contributed by atoms with Gasteiger partial charge >= 0.3 is 0 Å². The second kappa shape index (κ2) is 6.13. The Morgan fingerprint density at radius 1 is 1.46 bits per heavy atom. The number of nitriles is 1. The minimum atomic E-state index is -1.62. The van der Waals surface area contributed by atoms with Gasteiger partial charge in [0.15, 0.2) is 0 Å². The van der Waals surface area contributed by atoms with Crippen LogP contribution >= 0.6 is 0 Å². The molecule has 0 saturated heterocycles. The van der Waals surface area contributed by atoms with Crippen LogP contribution in [0.2, 0.25) is 0 Å². The largest absolute Gasteiger partial charge is 0.548 e. The lowest BCUT2D eigenvalue weighted by Gasteiger charge is -2.32. The second-order valence-corrected chi connectivity index (χ2v) is 6.62. The Balaban J connectivity index is 2.10. The highest BCUT2D eigenvalue weighted by molar-refractivity contribution is 6.15. The molecule has 0 fully saturated rings. The molecule has 0 radical (unpaired) electrons. The average Bonchev–Trinajstić information content (AvgIpc) is 3.16. The first-order chi connectivity index (χ1) is 13.5. The molecule has 2 aliphatic rings. The summed E-state index contributed by atoms with van der Waals surface area (Å²) < 4.78 is 5.52. The fraction of sp³-hybridized carbons (Fsp3) is 0.263. The van der Waals surface area contributed by atoms with Crippen LogP contribution in [0.1, 0.15) is 30.2 Å². The molecule has 0 unspecified atom stereocenters. The van der Waals surface area contributed by atoms with Crippen LogP contribution in [0.3, 0.4) is 0 Å². The average molecular weight is 378 g/mol. The van der Waals surface area contributed by atoms with E-state index < -0.39 is 23.8 Å². The molecule has 1 aromatic carbocycles. The van der Waals surface area contributed by atoms with Gasteiger partial charge in [-0.05, 0) is 12.5 Å². The number of para-hydroxylation sites is 1. The summed E-state index contributed by atoms with van der Waals surface area (Å²) in [7, 11) is 0. The molecule has 3 heterocycles. The molecule has 1 amide bonds. The quantitative estimate of drug-likeness (QED) is 0.750. The van der Waals surface area contributed by atoms with E-state index >= 15 is 0 Å². The van der Waals surface area contributed by atoms with Gasteiger partial charge in [-0.3, -0.25) is 9.89 Å². The summed E-state index contributed by atoms with van der Waals surface area (Å²) in [6.07, 6.45) is 1.31. The Hall–Kier alpha value is -3.80. The van der Waals surface area contributed by atoms with Crippen molar-refractivity contribution in [2.24, 2.45) is 5.73 Å². The monoisotopic (exact) mass is 378 g/mol. The smallest absolute Gasteiger partial charge is 0.248 e. The number of fused-ring (bicyclic) bond motifs is 4. The number of aromatic nitrogens is 2. The molecular weight excluding hydrogens is 362 g/mol. The number of nitrogens with zero attached hydrogens (tertiary/aromatic N) is 3. The van der Waals surface area contributed by atoms with E-state index in [4.69, 9.17) is 10.5 Å². The van der Waals surface area contributed by atoms with Crippen LogP contribution in [-0.4, -0.2) is 28.6 Å². The standard InChI is InChI=1S/C19H17N5O4/c1-2-5-12-15-17(23-22-12)28-16(21)11(8-20)19(15)10-6-3-4-7-13(10)24(18(19)27)9-14(25)26/h3-4,6-7H,2,5,9,21H2,1H3,(H,22,23)(H,25,26)/p-1/t19-/m0/s1. The number of ether oxygens (including phenoxy) is 1. The number of carbonyl (C=O) groups is 2. The number of aromatic amines is 1. The number of nitrogens with two attached hydrogens (primary N) is 1. The van der Waals surface area contributed by atoms with Crippen molar-refractivity contribution in [1.82, 2.24) is 10.2 Å². The number of carboxylic acid groups (broad SMARTS) is 1. The lowest BCUT2D eigenvalue weighted by molar-refractivity contribution is -0.303. The number of aliphatic carboxylic acids is 1. The van der Waals surface area contributed by atoms with Crippen LogP contribution in [0.25, 0.3) is 0 Å². The van der Waals surface area contributed by atoms with Crippen molar-refractivity contribution in [1.29, 1.82) is 5.26 Å². The summed E-state index contributed by atoms with van der Waals surface area (Å²) in [4.78, 5) is 26.1. The van der Waals surface area contributed by atoms with E-state index in [0.29, 0.717) is 28.9 Å². The predicted molar refractivity (Wildman–Crippen MR) is 94.6 cm³/mol. The molecule has 28 heavy (non-hydrogen) atoms. The van der Waals surface area contributed by atoms with Gasteiger partial charge in [-0.15, -0.1) is 5.10 Å².